The van der Waals surface area contributed by atoms with Crippen LogP contribution >= 0.6 is 11.3 Å². The number of aromatic nitrogens is 2. The van der Waals surface area contributed by atoms with Gasteiger partial charge in [-0.1, -0.05) is 31.5 Å². The van der Waals surface area contributed by atoms with Crippen LogP contribution in [0.2, 0.25) is 0 Å². The Balaban J connectivity index is 1.69. The number of rotatable bonds is 6. The molecule has 8 heteroatoms. The molecule has 2 heterocycles. The standard InChI is InChI=1S/C21H23N3O4S/c1-12(2)18(23-19(26)15-7-5-13(3)6-8-15)20(27)28-10-16-9-17(25)24-14(4)11-29-21(24)22-16/h5-9,11-12,18H,10H2,1-4H3,(H,23,26)/t18-/m1/s1. The molecule has 0 spiro atoms. The molecule has 0 aliphatic carbocycles. The lowest BCUT2D eigenvalue weighted by Crippen LogP contribution is -2.45. The third-order valence-electron chi connectivity index (χ3n) is 4.51. The first-order valence-corrected chi connectivity index (χ1v) is 10.1. The third kappa shape index (κ3) is 4.71. The predicted octanol–water partition coefficient (Wildman–Crippen LogP) is 2.87. The van der Waals surface area contributed by atoms with Crippen LogP contribution in [-0.2, 0) is 16.1 Å². The number of ether oxygens (including phenoxy) is 1. The van der Waals surface area contributed by atoms with Gasteiger partial charge in [-0.3, -0.25) is 14.0 Å². The predicted molar refractivity (Wildman–Crippen MR) is 111 cm³/mol. The second kappa shape index (κ2) is 8.57. The Labute approximate surface area is 172 Å². The summed E-state index contributed by atoms with van der Waals surface area (Å²) in [4.78, 5) is 42.2. The lowest BCUT2D eigenvalue weighted by molar-refractivity contribution is -0.148. The first-order chi connectivity index (χ1) is 13.8. The zero-order valence-electron chi connectivity index (χ0n) is 16.8. The van der Waals surface area contributed by atoms with E-state index in [0.717, 1.165) is 11.3 Å². The van der Waals surface area contributed by atoms with Gasteiger partial charge in [-0.2, -0.15) is 0 Å². The second-order valence-electron chi connectivity index (χ2n) is 7.25. The summed E-state index contributed by atoms with van der Waals surface area (Å²) in [6.45, 7) is 7.28. The summed E-state index contributed by atoms with van der Waals surface area (Å²) in [5, 5.41) is 4.58. The Morgan fingerprint density at radius 2 is 1.90 bits per heavy atom. The van der Waals surface area contributed by atoms with E-state index < -0.39 is 12.0 Å². The summed E-state index contributed by atoms with van der Waals surface area (Å²) in [6.07, 6.45) is 0. The molecule has 7 nitrogen and oxygen atoms in total. The molecule has 1 aromatic carbocycles. The summed E-state index contributed by atoms with van der Waals surface area (Å²) in [6, 6.07) is 7.65. The molecular weight excluding hydrogens is 390 g/mol. The topological polar surface area (TPSA) is 89.8 Å². The molecule has 0 saturated carbocycles. The van der Waals surface area contributed by atoms with Gasteiger partial charge in [-0.05, 0) is 31.9 Å². The van der Waals surface area contributed by atoms with E-state index in [9.17, 15) is 14.4 Å². The van der Waals surface area contributed by atoms with Gasteiger partial charge in [0.05, 0.1) is 5.69 Å². The van der Waals surface area contributed by atoms with Crippen LogP contribution in [-0.4, -0.2) is 27.3 Å². The average Bonchev–Trinajstić information content (AvgIpc) is 3.05. The van der Waals surface area contributed by atoms with E-state index in [-0.39, 0.29) is 24.0 Å². The molecule has 1 atom stereocenters. The molecule has 0 radical (unpaired) electrons. The highest BCUT2D eigenvalue weighted by Crippen LogP contribution is 2.13. The first-order valence-electron chi connectivity index (χ1n) is 9.27. The molecule has 2 aromatic heterocycles. The van der Waals surface area contributed by atoms with Gasteiger partial charge in [0.1, 0.15) is 12.6 Å². The van der Waals surface area contributed by atoms with Crippen LogP contribution in [0.1, 0.15) is 41.2 Å². The number of hydrogen-bond acceptors (Lipinski definition) is 6. The zero-order chi connectivity index (χ0) is 21.1. The lowest BCUT2D eigenvalue weighted by atomic mass is 10.0. The van der Waals surface area contributed by atoms with Crippen molar-refractivity contribution in [2.24, 2.45) is 5.92 Å². The van der Waals surface area contributed by atoms with Gasteiger partial charge in [0.2, 0.25) is 0 Å². The number of hydrogen-bond donors (Lipinski definition) is 1. The molecule has 0 aliphatic rings. The van der Waals surface area contributed by atoms with Gasteiger partial charge in [-0.15, -0.1) is 11.3 Å². The van der Waals surface area contributed by atoms with Gasteiger partial charge in [0.15, 0.2) is 4.96 Å². The van der Waals surface area contributed by atoms with Crippen molar-refractivity contribution in [1.29, 1.82) is 0 Å². The molecule has 1 N–H and O–H groups in total. The van der Waals surface area contributed by atoms with E-state index in [2.05, 4.69) is 10.3 Å². The number of fused-ring (bicyclic) bond motifs is 1. The van der Waals surface area contributed by atoms with Gasteiger partial charge < -0.3 is 10.1 Å². The number of carbonyl (C=O) groups excluding carboxylic acids is 2. The van der Waals surface area contributed by atoms with E-state index in [0.29, 0.717) is 16.2 Å². The van der Waals surface area contributed by atoms with Gasteiger partial charge >= 0.3 is 5.97 Å². The fourth-order valence-electron chi connectivity index (χ4n) is 2.84. The Morgan fingerprint density at radius 1 is 1.21 bits per heavy atom. The summed E-state index contributed by atoms with van der Waals surface area (Å²) in [5.41, 5.74) is 2.49. The molecule has 152 valence electrons. The summed E-state index contributed by atoms with van der Waals surface area (Å²) >= 11 is 1.35. The van der Waals surface area contributed by atoms with E-state index in [1.807, 2.05) is 45.2 Å². The SMILES string of the molecule is Cc1ccc(C(=O)N[C@@H](C(=O)OCc2cc(=O)n3c(C)csc3n2)C(C)C)cc1. The van der Waals surface area contributed by atoms with Crippen molar-refractivity contribution >= 4 is 28.2 Å². The minimum absolute atomic E-state index is 0.134. The van der Waals surface area contributed by atoms with Crippen molar-refractivity contribution in [1.82, 2.24) is 14.7 Å². The van der Waals surface area contributed by atoms with Crippen LogP contribution in [0.15, 0.2) is 40.5 Å². The van der Waals surface area contributed by atoms with Crippen molar-refractivity contribution in [2.75, 3.05) is 0 Å². The van der Waals surface area contributed by atoms with Gasteiger partial charge in [0.25, 0.3) is 11.5 Å². The molecule has 0 saturated heterocycles. The Hall–Kier alpha value is -3.00. The van der Waals surface area contributed by atoms with Crippen molar-refractivity contribution in [3.63, 3.8) is 0 Å². The Bertz CT molecular complexity index is 1100. The Kier molecular flexibility index (Phi) is 6.12. The van der Waals surface area contributed by atoms with Crippen LogP contribution in [0.3, 0.4) is 0 Å². The molecular formula is C21H23N3O4S. The first kappa shape index (κ1) is 20.7. The molecule has 1 amide bonds. The number of nitrogens with zero attached hydrogens (tertiary/aromatic N) is 2. The summed E-state index contributed by atoms with van der Waals surface area (Å²) < 4.78 is 6.87. The van der Waals surface area contributed by atoms with Crippen LogP contribution in [0.25, 0.3) is 4.96 Å². The molecule has 3 rings (SSSR count). The monoisotopic (exact) mass is 413 g/mol. The molecule has 3 aromatic rings. The number of benzene rings is 1. The highest BCUT2D eigenvalue weighted by molar-refractivity contribution is 7.15. The molecule has 0 unspecified atom stereocenters. The maximum absolute atomic E-state index is 12.6. The minimum atomic E-state index is -0.808. The van der Waals surface area contributed by atoms with Crippen molar-refractivity contribution in [3.8, 4) is 0 Å². The van der Waals surface area contributed by atoms with Gasteiger partial charge in [-0.25, -0.2) is 9.78 Å². The second-order valence-corrected chi connectivity index (χ2v) is 8.09. The Morgan fingerprint density at radius 3 is 2.55 bits per heavy atom. The van der Waals surface area contributed by atoms with E-state index in [4.69, 9.17) is 4.74 Å². The highest BCUT2D eigenvalue weighted by atomic mass is 32.1. The van der Waals surface area contributed by atoms with Gasteiger partial charge in [0, 0.05) is 22.7 Å². The van der Waals surface area contributed by atoms with E-state index in [1.165, 1.54) is 21.8 Å². The van der Waals surface area contributed by atoms with Crippen LogP contribution in [0.4, 0.5) is 0 Å². The molecule has 29 heavy (non-hydrogen) atoms. The number of nitrogens with one attached hydrogen (secondary N) is 1. The number of carbonyl (C=O) groups is 2. The minimum Gasteiger partial charge on any atom is -0.458 e. The zero-order valence-corrected chi connectivity index (χ0v) is 17.6. The normalized spacial score (nSPS) is 12.2. The largest absolute Gasteiger partial charge is 0.458 e. The maximum atomic E-state index is 12.6. The van der Waals surface area contributed by atoms with Crippen molar-refractivity contribution in [3.05, 3.63) is 68.6 Å². The fourth-order valence-corrected chi connectivity index (χ4v) is 3.73. The fraction of sp³-hybridized carbons (Fsp3) is 0.333. The summed E-state index contributed by atoms with van der Waals surface area (Å²) in [5.74, 6) is -1.07. The summed E-state index contributed by atoms with van der Waals surface area (Å²) in [7, 11) is 0. The number of esters is 1. The lowest BCUT2D eigenvalue weighted by Gasteiger charge is -2.21. The van der Waals surface area contributed by atoms with Crippen molar-refractivity contribution < 1.29 is 14.3 Å². The van der Waals surface area contributed by atoms with Crippen LogP contribution in [0.5, 0.6) is 0 Å². The highest BCUT2D eigenvalue weighted by Gasteiger charge is 2.26. The van der Waals surface area contributed by atoms with Crippen LogP contribution in [0, 0.1) is 19.8 Å². The number of aryl methyl sites for hydroxylation is 2. The quantitative estimate of drug-likeness (QED) is 0.628. The molecule has 0 bridgehead atoms. The maximum Gasteiger partial charge on any atom is 0.329 e. The van der Waals surface area contributed by atoms with Crippen molar-refractivity contribution in [2.45, 2.75) is 40.3 Å². The smallest absolute Gasteiger partial charge is 0.329 e. The molecule has 0 fully saturated rings. The molecule has 0 aliphatic heterocycles. The van der Waals surface area contributed by atoms with E-state index >= 15 is 0 Å². The van der Waals surface area contributed by atoms with Crippen LogP contribution < -0.4 is 10.9 Å². The van der Waals surface area contributed by atoms with E-state index in [1.54, 1.807) is 12.1 Å². The average molecular weight is 413 g/mol. The third-order valence-corrected chi connectivity index (χ3v) is 5.46. The number of amides is 1. The number of thiazole rings is 1.